The number of nitrogens with one attached hydrogen (secondary N) is 1. The van der Waals surface area contributed by atoms with Gasteiger partial charge in [0.05, 0.1) is 24.7 Å². The fourth-order valence-corrected chi connectivity index (χ4v) is 5.15. The molecule has 2 aliphatic heterocycles. The van der Waals surface area contributed by atoms with Crippen molar-refractivity contribution < 1.29 is 17.9 Å². The SMILES string of the molecule is O=C(CN1CCc2ccccc2C1)Nc1ccc(S(=O)(=O)N2CCOCC2)cc1. The molecule has 2 aliphatic rings. The maximum Gasteiger partial charge on any atom is 0.243 e. The molecule has 2 aromatic rings. The van der Waals surface area contributed by atoms with E-state index in [2.05, 4.69) is 22.3 Å². The lowest BCUT2D eigenvalue weighted by atomic mass is 10.00. The maximum absolute atomic E-state index is 12.7. The number of morpholine rings is 1. The van der Waals surface area contributed by atoms with Gasteiger partial charge in [-0.05, 0) is 41.8 Å². The van der Waals surface area contributed by atoms with Crippen LogP contribution >= 0.6 is 0 Å². The lowest BCUT2D eigenvalue weighted by Crippen LogP contribution is -2.40. The van der Waals surface area contributed by atoms with Crippen LogP contribution in [0.15, 0.2) is 53.4 Å². The van der Waals surface area contributed by atoms with Gasteiger partial charge in [-0.2, -0.15) is 4.31 Å². The van der Waals surface area contributed by atoms with Gasteiger partial charge in [-0.25, -0.2) is 8.42 Å². The van der Waals surface area contributed by atoms with Crippen molar-refractivity contribution in [2.75, 3.05) is 44.7 Å². The van der Waals surface area contributed by atoms with E-state index in [-0.39, 0.29) is 10.8 Å². The smallest absolute Gasteiger partial charge is 0.243 e. The van der Waals surface area contributed by atoms with Crippen molar-refractivity contribution in [2.45, 2.75) is 17.9 Å². The van der Waals surface area contributed by atoms with E-state index >= 15 is 0 Å². The number of benzene rings is 2. The van der Waals surface area contributed by atoms with Gasteiger partial charge in [-0.1, -0.05) is 24.3 Å². The second-order valence-electron chi connectivity index (χ2n) is 7.32. The summed E-state index contributed by atoms with van der Waals surface area (Å²) in [5, 5.41) is 2.86. The Morgan fingerprint density at radius 3 is 2.38 bits per heavy atom. The molecule has 8 heteroatoms. The van der Waals surface area contributed by atoms with Crippen LogP contribution in [0.25, 0.3) is 0 Å². The number of ether oxygens (including phenoxy) is 1. The topological polar surface area (TPSA) is 79.0 Å². The van der Waals surface area contributed by atoms with Gasteiger partial charge >= 0.3 is 0 Å². The molecule has 2 aromatic carbocycles. The van der Waals surface area contributed by atoms with E-state index in [4.69, 9.17) is 4.74 Å². The highest BCUT2D eigenvalue weighted by Crippen LogP contribution is 2.20. The monoisotopic (exact) mass is 415 g/mol. The van der Waals surface area contributed by atoms with Gasteiger partial charge < -0.3 is 10.1 Å². The molecule has 0 radical (unpaired) electrons. The molecule has 2 heterocycles. The first-order valence-electron chi connectivity index (χ1n) is 9.79. The molecule has 1 fully saturated rings. The van der Waals surface area contributed by atoms with Crippen LogP contribution in [0.1, 0.15) is 11.1 Å². The average Bonchev–Trinajstić information content (AvgIpc) is 2.74. The van der Waals surface area contributed by atoms with Crippen molar-refractivity contribution >= 4 is 21.6 Å². The van der Waals surface area contributed by atoms with Crippen LogP contribution in [0.2, 0.25) is 0 Å². The molecule has 0 atom stereocenters. The van der Waals surface area contributed by atoms with Gasteiger partial charge in [0.15, 0.2) is 0 Å². The molecular weight excluding hydrogens is 390 g/mol. The van der Waals surface area contributed by atoms with E-state index in [0.717, 1.165) is 19.5 Å². The largest absolute Gasteiger partial charge is 0.379 e. The average molecular weight is 416 g/mol. The second kappa shape index (κ2) is 8.62. The molecule has 4 rings (SSSR count). The minimum Gasteiger partial charge on any atom is -0.379 e. The summed E-state index contributed by atoms with van der Waals surface area (Å²) in [6, 6.07) is 14.7. The highest BCUT2D eigenvalue weighted by molar-refractivity contribution is 7.89. The Labute approximate surface area is 171 Å². The van der Waals surface area contributed by atoms with Crippen LogP contribution in [0.4, 0.5) is 5.69 Å². The van der Waals surface area contributed by atoms with Crippen LogP contribution < -0.4 is 5.32 Å². The Morgan fingerprint density at radius 2 is 1.66 bits per heavy atom. The molecule has 154 valence electrons. The number of sulfonamides is 1. The van der Waals surface area contributed by atoms with Crippen LogP contribution in [0, 0.1) is 0 Å². The summed E-state index contributed by atoms with van der Waals surface area (Å²) < 4.78 is 32.0. The molecule has 0 saturated carbocycles. The van der Waals surface area contributed by atoms with Crippen molar-refractivity contribution in [3.8, 4) is 0 Å². The van der Waals surface area contributed by atoms with Crippen molar-refractivity contribution in [1.82, 2.24) is 9.21 Å². The van der Waals surface area contributed by atoms with E-state index in [1.807, 2.05) is 12.1 Å². The molecular formula is C21H25N3O4S. The first-order valence-corrected chi connectivity index (χ1v) is 11.2. The minimum atomic E-state index is -3.53. The summed E-state index contributed by atoms with van der Waals surface area (Å²) in [6.45, 7) is 3.46. The predicted octanol–water partition coefficient (Wildman–Crippen LogP) is 1.70. The molecule has 1 amide bonds. The highest BCUT2D eigenvalue weighted by Gasteiger charge is 2.26. The lowest BCUT2D eigenvalue weighted by Gasteiger charge is -2.28. The summed E-state index contributed by atoms with van der Waals surface area (Å²) in [6.07, 6.45) is 0.942. The highest BCUT2D eigenvalue weighted by atomic mass is 32.2. The third-order valence-electron chi connectivity index (χ3n) is 5.32. The molecule has 7 nitrogen and oxygen atoms in total. The molecule has 0 bridgehead atoms. The number of rotatable bonds is 5. The number of hydrogen-bond donors (Lipinski definition) is 1. The Balaban J connectivity index is 1.34. The zero-order valence-corrected chi connectivity index (χ0v) is 17.0. The first-order chi connectivity index (χ1) is 14.0. The Kier molecular flexibility index (Phi) is 5.96. The summed E-state index contributed by atoms with van der Waals surface area (Å²) in [4.78, 5) is 14.8. The first kappa shape index (κ1) is 20.0. The molecule has 0 spiro atoms. The van der Waals surface area contributed by atoms with Crippen LogP contribution in [-0.4, -0.2) is 62.9 Å². The van der Waals surface area contributed by atoms with Crippen LogP contribution in [0.3, 0.4) is 0 Å². The molecule has 0 aromatic heterocycles. The third-order valence-corrected chi connectivity index (χ3v) is 7.24. The molecule has 1 N–H and O–H groups in total. The number of nitrogens with zero attached hydrogens (tertiary/aromatic N) is 2. The summed E-state index contributed by atoms with van der Waals surface area (Å²) in [5.41, 5.74) is 3.21. The van der Waals surface area contributed by atoms with Gasteiger partial charge in [0.1, 0.15) is 0 Å². The summed E-state index contributed by atoms with van der Waals surface area (Å²) in [7, 11) is -3.53. The van der Waals surface area contributed by atoms with E-state index in [0.29, 0.717) is 38.5 Å². The van der Waals surface area contributed by atoms with Gasteiger partial charge in [0, 0.05) is 31.9 Å². The van der Waals surface area contributed by atoms with E-state index < -0.39 is 10.0 Å². The van der Waals surface area contributed by atoms with Gasteiger partial charge in [0.25, 0.3) is 0 Å². The van der Waals surface area contributed by atoms with Gasteiger partial charge in [0.2, 0.25) is 15.9 Å². The Bertz CT molecular complexity index is 970. The zero-order chi connectivity index (χ0) is 20.3. The zero-order valence-electron chi connectivity index (χ0n) is 16.2. The predicted molar refractivity (Wildman–Crippen MR) is 110 cm³/mol. The summed E-state index contributed by atoms with van der Waals surface area (Å²) >= 11 is 0. The number of carbonyl (C=O) groups is 1. The fraction of sp³-hybridized carbons (Fsp3) is 0.381. The Hall–Kier alpha value is -2.26. The van der Waals surface area contributed by atoms with Crippen molar-refractivity contribution in [1.29, 1.82) is 0 Å². The molecule has 29 heavy (non-hydrogen) atoms. The van der Waals surface area contributed by atoms with E-state index in [1.54, 1.807) is 12.1 Å². The van der Waals surface area contributed by atoms with Crippen molar-refractivity contribution in [2.24, 2.45) is 0 Å². The van der Waals surface area contributed by atoms with Gasteiger partial charge in [-0.3, -0.25) is 9.69 Å². The maximum atomic E-state index is 12.7. The van der Waals surface area contributed by atoms with E-state index in [9.17, 15) is 13.2 Å². The van der Waals surface area contributed by atoms with Crippen LogP contribution in [0.5, 0.6) is 0 Å². The number of amides is 1. The number of hydrogen-bond acceptors (Lipinski definition) is 5. The fourth-order valence-electron chi connectivity index (χ4n) is 3.74. The quantitative estimate of drug-likeness (QED) is 0.804. The van der Waals surface area contributed by atoms with E-state index in [1.165, 1.54) is 27.6 Å². The minimum absolute atomic E-state index is 0.104. The number of anilines is 1. The number of fused-ring (bicyclic) bond motifs is 1. The molecule has 1 saturated heterocycles. The standard InChI is InChI=1S/C21H25N3O4S/c25-21(16-23-10-9-17-3-1-2-4-18(17)15-23)22-19-5-7-20(8-6-19)29(26,27)24-11-13-28-14-12-24/h1-8H,9-16H2,(H,22,25). The van der Waals surface area contributed by atoms with Crippen LogP contribution in [-0.2, 0) is 32.5 Å². The molecule has 0 unspecified atom stereocenters. The lowest BCUT2D eigenvalue weighted by molar-refractivity contribution is -0.117. The van der Waals surface area contributed by atoms with Gasteiger partial charge in [-0.15, -0.1) is 0 Å². The second-order valence-corrected chi connectivity index (χ2v) is 9.26. The molecule has 0 aliphatic carbocycles. The third kappa shape index (κ3) is 4.67. The number of carbonyl (C=O) groups excluding carboxylic acids is 1. The Morgan fingerprint density at radius 1 is 0.966 bits per heavy atom. The normalized spacial score (nSPS) is 18.2. The summed E-state index contributed by atoms with van der Waals surface area (Å²) in [5.74, 6) is -0.104. The van der Waals surface area contributed by atoms with Crippen molar-refractivity contribution in [3.63, 3.8) is 0 Å². The van der Waals surface area contributed by atoms with Crippen molar-refractivity contribution in [3.05, 3.63) is 59.7 Å².